The van der Waals surface area contributed by atoms with Crippen LogP contribution in [0, 0.1) is 6.42 Å². The van der Waals surface area contributed by atoms with Gasteiger partial charge in [0.15, 0.2) is 0 Å². The third kappa shape index (κ3) is 2.51. The van der Waals surface area contributed by atoms with Crippen molar-refractivity contribution in [3.05, 3.63) is 65.6 Å². The van der Waals surface area contributed by atoms with Crippen LogP contribution in [0.1, 0.15) is 29.0 Å². The maximum Gasteiger partial charge on any atom is 0.119 e. The summed E-state index contributed by atoms with van der Waals surface area (Å²) in [5, 5.41) is 0. The van der Waals surface area contributed by atoms with Crippen LogP contribution in [0.3, 0.4) is 0 Å². The number of rotatable bonds is 3. The monoisotopic (exact) mass is 267 g/mol. The SMILES string of the molecule is COc1ccc(C2[CH]c3ccc(OC)cc3CC2)cc1. The first-order chi connectivity index (χ1) is 9.80. The molecule has 0 bridgehead atoms. The summed E-state index contributed by atoms with van der Waals surface area (Å²) < 4.78 is 10.5. The zero-order valence-electron chi connectivity index (χ0n) is 11.9. The lowest BCUT2D eigenvalue weighted by molar-refractivity contribution is 0.413. The molecule has 0 fully saturated rings. The van der Waals surface area contributed by atoms with E-state index in [0.717, 1.165) is 24.3 Å². The van der Waals surface area contributed by atoms with E-state index in [1.54, 1.807) is 14.2 Å². The molecular weight excluding hydrogens is 248 g/mol. The van der Waals surface area contributed by atoms with E-state index in [-0.39, 0.29) is 0 Å². The highest BCUT2D eigenvalue weighted by Crippen LogP contribution is 2.36. The molecule has 20 heavy (non-hydrogen) atoms. The molecule has 2 heteroatoms. The Labute approximate surface area is 120 Å². The molecule has 0 aromatic heterocycles. The van der Waals surface area contributed by atoms with Gasteiger partial charge in [-0.1, -0.05) is 18.2 Å². The van der Waals surface area contributed by atoms with Gasteiger partial charge >= 0.3 is 0 Å². The number of hydrogen-bond acceptors (Lipinski definition) is 2. The Kier molecular flexibility index (Phi) is 3.64. The molecule has 1 aliphatic rings. The van der Waals surface area contributed by atoms with Crippen molar-refractivity contribution in [1.82, 2.24) is 0 Å². The minimum Gasteiger partial charge on any atom is -0.497 e. The van der Waals surface area contributed by atoms with Gasteiger partial charge in [0.05, 0.1) is 14.2 Å². The first kappa shape index (κ1) is 13.0. The van der Waals surface area contributed by atoms with Crippen LogP contribution < -0.4 is 9.47 Å². The second-order valence-electron chi connectivity index (χ2n) is 5.15. The topological polar surface area (TPSA) is 18.5 Å². The summed E-state index contributed by atoms with van der Waals surface area (Å²) in [6, 6.07) is 14.7. The predicted octanol–water partition coefficient (Wildman–Crippen LogP) is 3.99. The van der Waals surface area contributed by atoms with Crippen molar-refractivity contribution < 1.29 is 9.47 Å². The van der Waals surface area contributed by atoms with Gasteiger partial charge in [-0.15, -0.1) is 0 Å². The summed E-state index contributed by atoms with van der Waals surface area (Å²) in [4.78, 5) is 0. The van der Waals surface area contributed by atoms with Gasteiger partial charge < -0.3 is 9.47 Å². The molecule has 3 rings (SSSR count). The van der Waals surface area contributed by atoms with Crippen molar-refractivity contribution in [3.63, 3.8) is 0 Å². The Morgan fingerprint density at radius 1 is 0.900 bits per heavy atom. The number of fused-ring (bicyclic) bond motifs is 1. The van der Waals surface area contributed by atoms with Crippen LogP contribution in [0.5, 0.6) is 11.5 Å². The number of ether oxygens (including phenoxy) is 2. The minimum absolute atomic E-state index is 0.488. The quantitative estimate of drug-likeness (QED) is 0.837. The lowest BCUT2D eigenvalue weighted by Gasteiger charge is -2.25. The maximum absolute atomic E-state index is 5.29. The largest absolute Gasteiger partial charge is 0.497 e. The van der Waals surface area contributed by atoms with Gasteiger partial charge in [0.2, 0.25) is 0 Å². The van der Waals surface area contributed by atoms with Crippen LogP contribution in [-0.4, -0.2) is 14.2 Å². The lowest BCUT2D eigenvalue weighted by Crippen LogP contribution is -2.11. The molecule has 2 aromatic carbocycles. The van der Waals surface area contributed by atoms with E-state index in [0.29, 0.717) is 5.92 Å². The summed E-state index contributed by atoms with van der Waals surface area (Å²) in [5.74, 6) is 2.34. The van der Waals surface area contributed by atoms with E-state index >= 15 is 0 Å². The summed E-state index contributed by atoms with van der Waals surface area (Å²) in [6.07, 6.45) is 4.60. The molecule has 0 saturated carbocycles. The molecule has 0 spiro atoms. The molecule has 0 amide bonds. The Bertz CT molecular complexity index is 587. The average molecular weight is 267 g/mol. The zero-order valence-corrected chi connectivity index (χ0v) is 11.9. The summed E-state index contributed by atoms with van der Waals surface area (Å²) in [7, 11) is 3.42. The van der Waals surface area contributed by atoms with Crippen LogP contribution in [-0.2, 0) is 6.42 Å². The van der Waals surface area contributed by atoms with Crippen molar-refractivity contribution in [1.29, 1.82) is 0 Å². The Morgan fingerprint density at radius 2 is 1.60 bits per heavy atom. The van der Waals surface area contributed by atoms with Crippen molar-refractivity contribution in [2.24, 2.45) is 0 Å². The lowest BCUT2D eigenvalue weighted by atomic mass is 9.80. The van der Waals surface area contributed by atoms with Gasteiger partial charge in [0, 0.05) is 0 Å². The van der Waals surface area contributed by atoms with Crippen LogP contribution in [0.15, 0.2) is 42.5 Å². The molecule has 1 atom stereocenters. The first-order valence-corrected chi connectivity index (χ1v) is 6.96. The molecule has 0 heterocycles. The first-order valence-electron chi connectivity index (χ1n) is 6.96. The van der Waals surface area contributed by atoms with Crippen LogP contribution in [0.4, 0.5) is 0 Å². The molecule has 0 aliphatic heterocycles. The van der Waals surface area contributed by atoms with E-state index in [2.05, 4.69) is 30.7 Å². The second-order valence-corrected chi connectivity index (χ2v) is 5.15. The van der Waals surface area contributed by atoms with Crippen molar-refractivity contribution in [2.45, 2.75) is 18.8 Å². The van der Waals surface area contributed by atoms with Crippen LogP contribution in [0.2, 0.25) is 0 Å². The van der Waals surface area contributed by atoms with Gasteiger partial charge in [0.1, 0.15) is 11.5 Å². The highest BCUT2D eigenvalue weighted by atomic mass is 16.5. The number of hydrogen-bond donors (Lipinski definition) is 0. The molecule has 1 unspecified atom stereocenters. The smallest absolute Gasteiger partial charge is 0.119 e. The fraction of sp³-hybridized carbons (Fsp3) is 0.278. The molecule has 0 saturated heterocycles. The van der Waals surface area contributed by atoms with Crippen molar-refractivity contribution >= 4 is 0 Å². The number of aryl methyl sites for hydroxylation is 1. The fourth-order valence-electron chi connectivity index (χ4n) is 2.81. The molecule has 2 aromatic rings. The number of benzene rings is 2. The fourth-order valence-corrected chi connectivity index (χ4v) is 2.81. The van der Waals surface area contributed by atoms with Gasteiger partial charge in [-0.3, -0.25) is 0 Å². The molecule has 0 N–H and O–H groups in total. The van der Waals surface area contributed by atoms with E-state index in [4.69, 9.17) is 9.47 Å². The van der Waals surface area contributed by atoms with Gasteiger partial charge in [-0.05, 0) is 66.1 Å². The van der Waals surface area contributed by atoms with E-state index < -0.39 is 0 Å². The standard InChI is InChI=1S/C18H19O2/c1-19-17-8-5-13(6-9-17)14-3-4-16-12-18(20-2)10-7-15(16)11-14/h5-12,14H,3-4H2,1-2H3. The third-order valence-electron chi connectivity index (χ3n) is 4.00. The minimum atomic E-state index is 0.488. The second kappa shape index (κ2) is 5.58. The van der Waals surface area contributed by atoms with Gasteiger partial charge in [-0.25, -0.2) is 0 Å². The predicted molar refractivity (Wildman–Crippen MR) is 80.5 cm³/mol. The van der Waals surface area contributed by atoms with Crippen LogP contribution in [0.25, 0.3) is 0 Å². The molecule has 103 valence electrons. The van der Waals surface area contributed by atoms with Gasteiger partial charge in [0.25, 0.3) is 0 Å². The summed E-state index contributed by atoms with van der Waals surface area (Å²) in [6.45, 7) is 0. The van der Waals surface area contributed by atoms with E-state index in [1.165, 1.54) is 16.7 Å². The molecule has 1 radical (unpaired) electrons. The Balaban J connectivity index is 1.80. The van der Waals surface area contributed by atoms with E-state index in [9.17, 15) is 0 Å². The third-order valence-corrected chi connectivity index (χ3v) is 4.00. The Morgan fingerprint density at radius 3 is 2.30 bits per heavy atom. The number of methoxy groups -OCH3 is 2. The highest BCUT2D eigenvalue weighted by Gasteiger charge is 2.20. The Hall–Kier alpha value is -1.96. The average Bonchev–Trinajstić information content (AvgIpc) is 2.54. The molecule has 2 nitrogen and oxygen atoms in total. The van der Waals surface area contributed by atoms with Gasteiger partial charge in [-0.2, -0.15) is 0 Å². The van der Waals surface area contributed by atoms with Crippen LogP contribution >= 0.6 is 0 Å². The molecule has 1 aliphatic carbocycles. The summed E-state index contributed by atoms with van der Waals surface area (Å²) >= 11 is 0. The zero-order chi connectivity index (χ0) is 13.9. The normalized spacial score (nSPS) is 17.4. The highest BCUT2D eigenvalue weighted by molar-refractivity contribution is 5.45. The van der Waals surface area contributed by atoms with Crippen molar-refractivity contribution in [2.75, 3.05) is 14.2 Å². The molecular formula is C18H19O2. The summed E-state index contributed by atoms with van der Waals surface area (Å²) in [5.41, 5.74) is 4.07. The maximum atomic E-state index is 5.29. The van der Waals surface area contributed by atoms with E-state index in [1.807, 2.05) is 18.2 Å². The van der Waals surface area contributed by atoms with Crippen molar-refractivity contribution in [3.8, 4) is 11.5 Å².